The Kier molecular flexibility index (Phi) is 2.58. The van der Waals surface area contributed by atoms with Gasteiger partial charge in [-0.15, -0.1) is 0 Å². The fraction of sp³-hybridized carbons (Fsp3) is 0.0909. The molecule has 0 amide bonds. The van der Waals surface area contributed by atoms with Gasteiger partial charge in [0.2, 0.25) is 0 Å². The molecular weight excluding hydrogens is 179 g/mol. The van der Waals surface area contributed by atoms with Crippen molar-refractivity contribution in [3.8, 4) is 0 Å². The Bertz CT molecular complexity index is 412. The van der Waals surface area contributed by atoms with Crippen molar-refractivity contribution in [3.63, 3.8) is 0 Å². The minimum atomic E-state index is 0.00634. The molecule has 2 rings (SSSR count). The monoisotopic (exact) mass is 190 g/mol. The second-order valence-corrected chi connectivity index (χ2v) is 3.69. The van der Waals surface area contributed by atoms with E-state index >= 15 is 0 Å². The number of benzene rings is 2. The summed E-state index contributed by atoms with van der Waals surface area (Å²) in [5.74, 6) is 0. The van der Waals surface area contributed by atoms with Gasteiger partial charge in [-0.1, -0.05) is 42.5 Å². The first-order valence-corrected chi connectivity index (χ1v) is 5.40. The maximum atomic E-state index is 8.82. The minimum absolute atomic E-state index is 0.00634. The summed E-state index contributed by atoms with van der Waals surface area (Å²) in [6.07, 6.45) is 0.769. The topological polar surface area (TPSA) is 20.2 Å². The molecule has 0 spiro atoms. The zero-order valence-corrected chi connectivity index (χ0v) is 8.20. The first-order valence-electron chi connectivity index (χ1n) is 4.25. The van der Waals surface area contributed by atoms with E-state index in [1.807, 2.05) is 12.1 Å². The fourth-order valence-electron chi connectivity index (χ4n) is 1.44. The molecule has 0 radical (unpaired) electrons. The van der Waals surface area contributed by atoms with Gasteiger partial charge in [0, 0.05) is 15.0 Å². The molecule has 0 bridgehead atoms. The molecule has 2 heteroatoms. The third-order valence-corrected chi connectivity index (χ3v) is 2.66. The van der Waals surface area contributed by atoms with E-state index in [-0.39, 0.29) is 8.81 Å². The molecule has 0 fully saturated rings. The van der Waals surface area contributed by atoms with Crippen molar-refractivity contribution in [3.05, 3.63) is 48.0 Å². The molecule has 1 nitrogen and oxygen atoms in total. The zero-order valence-electron chi connectivity index (χ0n) is 7.20. The normalized spacial score (nSPS) is 11.5. The third-order valence-electron chi connectivity index (χ3n) is 2.10. The first-order chi connectivity index (χ1) is 6.40. The van der Waals surface area contributed by atoms with Crippen molar-refractivity contribution in [2.75, 3.05) is 0 Å². The van der Waals surface area contributed by atoms with E-state index in [2.05, 4.69) is 30.3 Å². The van der Waals surface area contributed by atoms with Crippen molar-refractivity contribution in [2.45, 2.75) is 6.16 Å². The Balaban J connectivity index is 2.49. The predicted octanol–water partition coefficient (Wildman–Crippen LogP) is 2.93. The molecule has 2 aromatic rings. The summed E-state index contributed by atoms with van der Waals surface area (Å²) in [5.41, 5.74) is 1.21. The van der Waals surface area contributed by atoms with Crippen LogP contribution in [-0.4, -0.2) is 4.89 Å². The lowest BCUT2D eigenvalue weighted by Gasteiger charge is -2.00. The molecule has 0 aliphatic carbocycles. The van der Waals surface area contributed by atoms with Gasteiger partial charge in [-0.25, -0.2) is 0 Å². The maximum Gasteiger partial charge on any atom is 0.0152 e. The number of hydrogen-bond donors (Lipinski definition) is 1. The lowest BCUT2D eigenvalue weighted by atomic mass is 10.1. The van der Waals surface area contributed by atoms with E-state index in [1.54, 1.807) is 0 Å². The van der Waals surface area contributed by atoms with Crippen molar-refractivity contribution in [1.82, 2.24) is 0 Å². The summed E-state index contributed by atoms with van der Waals surface area (Å²) in [6.45, 7) is 0. The van der Waals surface area contributed by atoms with Crippen molar-refractivity contribution >= 4 is 19.6 Å². The molecule has 0 aliphatic rings. The van der Waals surface area contributed by atoms with Gasteiger partial charge < -0.3 is 4.89 Å². The van der Waals surface area contributed by atoms with E-state index < -0.39 is 0 Å². The summed E-state index contributed by atoms with van der Waals surface area (Å²) < 4.78 is 0. The van der Waals surface area contributed by atoms with Crippen LogP contribution < -0.4 is 0 Å². The smallest absolute Gasteiger partial charge is 0.0152 e. The summed E-state index contributed by atoms with van der Waals surface area (Å²) in [4.78, 5) is 8.82. The molecule has 0 aromatic heterocycles. The van der Waals surface area contributed by atoms with E-state index in [0.717, 1.165) is 6.16 Å². The average molecular weight is 190 g/mol. The molecule has 0 heterocycles. The van der Waals surface area contributed by atoms with Gasteiger partial charge in [0.05, 0.1) is 0 Å². The summed E-state index contributed by atoms with van der Waals surface area (Å²) >= 11 is 0. The number of hydrogen-bond acceptors (Lipinski definition) is 1. The second-order valence-electron chi connectivity index (χ2n) is 3.02. The van der Waals surface area contributed by atoms with E-state index in [4.69, 9.17) is 4.89 Å². The lowest BCUT2D eigenvalue weighted by molar-refractivity contribution is 0.644. The largest absolute Gasteiger partial charge is 0.377 e. The highest BCUT2D eigenvalue weighted by molar-refractivity contribution is 7.30. The zero-order chi connectivity index (χ0) is 9.10. The van der Waals surface area contributed by atoms with Gasteiger partial charge in [0.1, 0.15) is 0 Å². The number of fused-ring (bicyclic) bond motifs is 1. The SMILES string of the molecule is OPCc1ccc2ccccc2c1. The Labute approximate surface area is 79.3 Å². The van der Waals surface area contributed by atoms with E-state index in [1.165, 1.54) is 16.3 Å². The van der Waals surface area contributed by atoms with Gasteiger partial charge in [0.25, 0.3) is 0 Å². The molecule has 1 unspecified atom stereocenters. The van der Waals surface area contributed by atoms with Crippen LogP contribution in [0, 0.1) is 0 Å². The Morgan fingerprint density at radius 1 is 1.00 bits per heavy atom. The molecule has 0 saturated heterocycles. The Morgan fingerprint density at radius 2 is 1.77 bits per heavy atom. The average Bonchev–Trinajstić information content (AvgIpc) is 2.18. The maximum absolute atomic E-state index is 8.82. The van der Waals surface area contributed by atoms with E-state index in [0.29, 0.717) is 0 Å². The van der Waals surface area contributed by atoms with Crippen LogP contribution >= 0.6 is 8.81 Å². The molecular formula is C11H11OP. The predicted molar refractivity (Wildman–Crippen MR) is 58.2 cm³/mol. The van der Waals surface area contributed by atoms with Crippen LogP contribution in [0.1, 0.15) is 5.56 Å². The highest BCUT2D eigenvalue weighted by atomic mass is 31.1. The summed E-state index contributed by atoms with van der Waals surface area (Å²) in [5, 5.41) is 2.51. The molecule has 1 atom stereocenters. The van der Waals surface area contributed by atoms with Gasteiger partial charge in [-0.2, -0.15) is 0 Å². The van der Waals surface area contributed by atoms with Gasteiger partial charge in [0.15, 0.2) is 0 Å². The van der Waals surface area contributed by atoms with Crippen LogP contribution in [0.4, 0.5) is 0 Å². The molecule has 0 aliphatic heterocycles. The van der Waals surface area contributed by atoms with Gasteiger partial charge >= 0.3 is 0 Å². The fourth-order valence-corrected chi connectivity index (χ4v) is 1.84. The Hall–Kier alpha value is -0.910. The van der Waals surface area contributed by atoms with Crippen LogP contribution in [0.3, 0.4) is 0 Å². The van der Waals surface area contributed by atoms with E-state index in [9.17, 15) is 0 Å². The highest BCUT2D eigenvalue weighted by Crippen LogP contribution is 2.19. The second kappa shape index (κ2) is 3.87. The molecule has 2 aromatic carbocycles. The lowest BCUT2D eigenvalue weighted by Crippen LogP contribution is -1.78. The van der Waals surface area contributed by atoms with Crippen molar-refractivity contribution in [2.24, 2.45) is 0 Å². The number of rotatable bonds is 2. The molecule has 66 valence electrons. The van der Waals surface area contributed by atoms with Crippen LogP contribution in [0.5, 0.6) is 0 Å². The van der Waals surface area contributed by atoms with Crippen molar-refractivity contribution < 1.29 is 4.89 Å². The van der Waals surface area contributed by atoms with Crippen LogP contribution in [-0.2, 0) is 6.16 Å². The van der Waals surface area contributed by atoms with Crippen LogP contribution in [0.25, 0.3) is 10.8 Å². The molecule has 1 N–H and O–H groups in total. The third kappa shape index (κ3) is 1.88. The Morgan fingerprint density at radius 3 is 2.54 bits per heavy atom. The van der Waals surface area contributed by atoms with Crippen LogP contribution in [0.15, 0.2) is 42.5 Å². The van der Waals surface area contributed by atoms with Crippen LogP contribution in [0.2, 0.25) is 0 Å². The standard InChI is InChI=1S/C11H11OP/c12-13-8-9-5-6-10-3-1-2-4-11(10)7-9/h1-7,12-13H,8H2. The quantitative estimate of drug-likeness (QED) is 0.722. The first kappa shape index (κ1) is 8.68. The minimum Gasteiger partial charge on any atom is -0.377 e. The summed E-state index contributed by atoms with van der Waals surface area (Å²) in [7, 11) is 0.00634. The van der Waals surface area contributed by atoms with Gasteiger partial charge in [-0.3, -0.25) is 0 Å². The molecule has 0 saturated carbocycles. The van der Waals surface area contributed by atoms with Gasteiger partial charge in [-0.05, 0) is 16.3 Å². The highest BCUT2D eigenvalue weighted by Gasteiger charge is 1.94. The van der Waals surface area contributed by atoms with Crippen molar-refractivity contribution in [1.29, 1.82) is 0 Å². The molecule has 13 heavy (non-hydrogen) atoms. The summed E-state index contributed by atoms with van der Waals surface area (Å²) in [6, 6.07) is 14.6.